The Morgan fingerprint density at radius 2 is 1.88 bits per heavy atom. The molecule has 3 rings (SSSR count). The fourth-order valence-electron chi connectivity index (χ4n) is 2.13. The van der Waals surface area contributed by atoms with Crippen LogP contribution < -0.4 is 4.90 Å². The molecule has 0 aromatic heterocycles. The number of thioether (sulfide) groups is 1. The molecule has 0 saturated carbocycles. The van der Waals surface area contributed by atoms with E-state index in [9.17, 15) is 9.90 Å². The van der Waals surface area contributed by atoms with Crippen molar-refractivity contribution in [3.05, 3.63) is 60.8 Å². The first-order chi connectivity index (χ1) is 11.4. The van der Waals surface area contributed by atoms with Crippen LogP contribution in [0.2, 0.25) is 5.02 Å². The lowest BCUT2D eigenvalue weighted by Crippen LogP contribution is -2.27. The minimum Gasteiger partial charge on any atom is -0.506 e. The molecular weight excluding hydrogens is 498 g/mol. The SMILES string of the molecule is O=C1C(=Cc2cc(Br)c(O)c(Br)c2)SC(=S)N1c1cccc(Cl)c1. The third-order valence-electron chi connectivity index (χ3n) is 3.20. The summed E-state index contributed by atoms with van der Waals surface area (Å²) < 4.78 is 1.52. The molecular formula is C16H8Br2ClNO2S2. The minimum absolute atomic E-state index is 0.110. The van der Waals surface area contributed by atoms with E-state index in [1.54, 1.807) is 42.5 Å². The number of benzene rings is 2. The van der Waals surface area contributed by atoms with E-state index in [0.717, 1.165) is 5.56 Å². The Morgan fingerprint density at radius 3 is 2.50 bits per heavy atom. The maximum absolute atomic E-state index is 12.7. The molecule has 0 spiro atoms. The molecule has 1 aliphatic rings. The number of hydrogen-bond acceptors (Lipinski definition) is 4. The first-order valence-electron chi connectivity index (χ1n) is 6.58. The number of halogens is 3. The van der Waals surface area contributed by atoms with Gasteiger partial charge in [0, 0.05) is 5.02 Å². The molecule has 122 valence electrons. The van der Waals surface area contributed by atoms with Gasteiger partial charge in [0.2, 0.25) is 0 Å². The highest BCUT2D eigenvalue weighted by Crippen LogP contribution is 2.38. The summed E-state index contributed by atoms with van der Waals surface area (Å²) in [6.07, 6.45) is 1.73. The molecule has 1 heterocycles. The largest absolute Gasteiger partial charge is 0.506 e. The van der Waals surface area contributed by atoms with Crippen molar-refractivity contribution in [3.63, 3.8) is 0 Å². The predicted octanol–water partition coefficient (Wildman–Crippen LogP) is 5.98. The van der Waals surface area contributed by atoms with Crippen LogP contribution in [0.4, 0.5) is 5.69 Å². The molecule has 3 nitrogen and oxygen atoms in total. The van der Waals surface area contributed by atoms with Crippen molar-refractivity contribution < 1.29 is 9.90 Å². The molecule has 1 saturated heterocycles. The number of carbonyl (C=O) groups is 1. The van der Waals surface area contributed by atoms with Crippen LogP contribution in [0, 0.1) is 0 Å². The standard InChI is InChI=1S/C16H8Br2ClNO2S2/c17-11-4-8(5-12(18)14(11)21)6-13-15(22)20(16(23)24-13)10-3-1-2-9(19)7-10/h1-7,21H. The lowest BCUT2D eigenvalue weighted by atomic mass is 10.2. The Labute approximate surface area is 169 Å². The highest BCUT2D eigenvalue weighted by atomic mass is 79.9. The Hall–Kier alpha value is -0.860. The molecule has 0 aliphatic carbocycles. The number of anilines is 1. The third-order valence-corrected chi connectivity index (χ3v) is 5.94. The lowest BCUT2D eigenvalue weighted by Gasteiger charge is -2.14. The van der Waals surface area contributed by atoms with Crippen LogP contribution in [-0.4, -0.2) is 15.3 Å². The maximum atomic E-state index is 12.7. The maximum Gasteiger partial charge on any atom is 0.270 e. The molecule has 8 heteroatoms. The number of carbonyl (C=O) groups excluding carboxylic acids is 1. The van der Waals surface area contributed by atoms with Crippen LogP contribution in [0.3, 0.4) is 0 Å². The summed E-state index contributed by atoms with van der Waals surface area (Å²) in [7, 11) is 0. The van der Waals surface area contributed by atoms with Crippen LogP contribution in [0.25, 0.3) is 6.08 Å². The van der Waals surface area contributed by atoms with E-state index < -0.39 is 0 Å². The van der Waals surface area contributed by atoms with E-state index in [1.807, 2.05) is 0 Å². The van der Waals surface area contributed by atoms with Crippen molar-refractivity contribution in [1.82, 2.24) is 0 Å². The molecule has 1 aliphatic heterocycles. The number of phenols is 1. The van der Waals surface area contributed by atoms with Crippen molar-refractivity contribution in [2.45, 2.75) is 0 Å². The average molecular weight is 506 g/mol. The summed E-state index contributed by atoms with van der Waals surface area (Å²) >= 11 is 19.1. The van der Waals surface area contributed by atoms with Gasteiger partial charge in [-0.25, -0.2) is 0 Å². The fourth-order valence-corrected chi connectivity index (χ4v) is 4.83. The van der Waals surface area contributed by atoms with Crippen LogP contribution in [0.1, 0.15) is 5.56 Å². The Kier molecular flexibility index (Phi) is 5.36. The van der Waals surface area contributed by atoms with Gasteiger partial charge in [0.1, 0.15) is 5.75 Å². The third kappa shape index (κ3) is 3.55. The molecule has 1 fully saturated rings. The summed E-state index contributed by atoms with van der Waals surface area (Å²) in [5.41, 5.74) is 1.40. The van der Waals surface area contributed by atoms with E-state index in [-0.39, 0.29) is 11.7 Å². The van der Waals surface area contributed by atoms with Gasteiger partial charge >= 0.3 is 0 Å². The number of rotatable bonds is 2. The predicted molar refractivity (Wildman–Crippen MR) is 111 cm³/mol. The van der Waals surface area contributed by atoms with Crippen LogP contribution in [-0.2, 0) is 4.79 Å². The van der Waals surface area contributed by atoms with Crippen molar-refractivity contribution >= 4 is 89.4 Å². The number of hydrogen-bond donors (Lipinski definition) is 1. The van der Waals surface area contributed by atoms with Gasteiger partial charge in [-0.15, -0.1) is 0 Å². The second-order valence-electron chi connectivity index (χ2n) is 4.83. The monoisotopic (exact) mass is 503 g/mol. The van der Waals surface area contributed by atoms with Gasteiger partial charge < -0.3 is 5.11 Å². The number of amides is 1. The van der Waals surface area contributed by atoms with Gasteiger partial charge in [0.05, 0.1) is 19.5 Å². The summed E-state index contributed by atoms with van der Waals surface area (Å²) in [6.45, 7) is 0. The molecule has 1 N–H and O–H groups in total. The molecule has 0 bridgehead atoms. The Balaban J connectivity index is 1.97. The number of thiocarbonyl (C=S) groups is 1. The number of phenolic OH excluding ortho intramolecular Hbond substituents is 1. The van der Waals surface area contributed by atoms with Gasteiger partial charge in [-0.05, 0) is 73.8 Å². The molecule has 0 unspecified atom stereocenters. The van der Waals surface area contributed by atoms with Crippen molar-refractivity contribution in [3.8, 4) is 5.75 Å². The summed E-state index contributed by atoms with van der Waals surface area (Å²) in [5.74, 6) is -0.0915. The topological polar surface area (TPSA) is 40.5 Å². The van der Waals surface area contributed by atoms with E-state index in [4.69, 9.17) is 23.8 Å². The van der Waals surface area contributed by atoms with E-state index >= 15 is 0 Å². The van der Waals surface area contributed by atoms with E-state index in [0.29, 0.717) is 28.9 Å². The summed E-state index contributed by atoms with van der Waals surface area (Å²) in [5, 5.41) is 10.3. The van der Waals surface area contributed by atoms with Crippen LogP contribution in [0.15, 0.2) is 50.2 Å². The highest BCUT2D eigenvalue weighted by molar-refractivity contribution is 9.11. The molecule has 0 atom stereocenters. The van der Waals surface area contributed by atoms with Crippen LogP contribution >= 0.6 is 67.4 Å². The Bertz CT molecular complexity index is 878. The molecule has 2 aromatic carbocycles. The first kappa shape index (κ1) is 17.9. The zero-order valence-electron chi connectivity index (χ0n) is 11.8. The molecule has 24 heavy (non-hydrogen) atoms. The fraction of sp³-hybridized carbons (Fsp3) is 0. The normalized spacial score (nSPS) is 16.3. The van der Waals surface area contributed by atoms with Gasteiger partial charge in [-0.3, -0.25) is 9.69 Å². The highest BCUT2D eigenvalue weighted by Gasteiger charge is 2.33. The van der Waals surface area contributed by atoms with Crippen molar-refractivity contribution in [1.29, 1.82) is 0 Å². The summed E-state index contributed by atoms with van der Waals surface area (Å²) in [6, 6.07) is 10.5. The van der Waals surface area contributed by atoms with Gasteiger partial charge in [0.25, 0.3) is 5.91 Å². The van der Waals surface area contributed by atoms with Crippen LogP contribution in [0.5, 0.6) is 5.75 Å². The molecule has 0 radical (unpaired) electrons. The van der Waals surface area contributed by atoms with Crippen molar-refractivity contribution in [2.24, 2.45) is 0 Å². The lowest BCUT2D eigenvalue weighted by molar-refractivity contribution is -0.113. The minimum atomic E-state index is -0.201. The van der Waals surface area contributed by atoms with Gasteiger partial charge in [-0.2, -0.15) is 0 Å². The second kappa shape index (κ2) is 7.17. The zero-order valence-corrected chi connectivity index (χ0v) is 17.4. The smallest absolute Gasteiger partial charge is 0.270 e. The first-order valence-corrected chi connectivity index (χ1v) is 9.77. The second-order valence-corrected chi connectivity index (χ2v) is 8.65. The summed E-state index contributed by atoms with van der Waals surface area (Å²) in [4.78, 5) is 14.7. The van der Waals surface area contributed by atoms with E-state index in [2.05, 4.69) is 31.9 Å². The van der Waals surface area contributed by atoms with Crippen molar-refractivity contribution in [2.75, 3.05) is 4.90 Å². The van der Waals surface area contributed by atoms with Gasteiger partial charge in [0.15, 0.2) is 4.32 Å². The number of aromatic hydroxyl groups is 1. The Morgan fingerprint density at radius 1 is 1.21 bits per heavy atom. The van der Waals surface area contributed by atoms with E-state index in [1.165, 1.54) is 16.7 Å². The number of nitrogens with zero attached hydrogens (tertiary/aromatic N) is 1. The average Bonchev–Trinajstić information content (AvgIpc) is 2.79. The quantitative estimate of drug-likeness (QED) is 0.403. The molecule has 1 amide bonds. The van der Waals surface area contributed by atoms with Gasteiger partial charge in [-0.1, -0.05) is 41.6 Å². The zero-order chi connectivity index (χ0) is 17.4. The molecule has 2 aromatic rings.